The number of ether oxygens (including phenoxy) is 4. The minimum atomic E-state index is 0.416. The van der Waals surface area contributed by atoms with Gasteiger partial charge in [0.15, 0.2) is 11.5 Å². The molecular weight excluding hydrogens is 298 g/mol. The van der Waals surface area contributed by atoms with E-state index in [-0.39, 0.29) is 0 Å². The molecule has 0 saturated carbocycles. The van der Waals surface area contributed by atoms with Crippen LogP contribution in [-0.4, -0.2) is 51.2 Å². The monoisotopic (exact) mass is 319 g/mol. The third-order valence-corrected chi connectivity index (χ3v) is 3.29. The second kappa shape index (κ2) is 8.45. The molecule has 0 bridgehead atoms. The number of hydroxylamine groups is 2. The summed E-state index contributed by atoms with van der Waals surface area (Å²) in [4.78, 5) is 5.72. The quantitative estimate of drug-likeness (QED) is 0.730. The van der Waals surface area contributed by atoms with E-state index >= 15 is 0 Å². The number of para-hydroxylation sites is 2. The van der Waals surface area contributed by atoms with E-state index in [1.165, 1.54) is 0 Å². The molecule has 1 aromatic carbocycles. The smallest absolute Gasteiger partial charge is 0.214 e. The summed E-state index contributed by atoms with van der Waals surface area (Å²) < 4.78 is 22.6. The molecule has 0 aromatic heterocycles. The van der Waals surface area contributed by atoms with Crippen LogP contribution in [-0.2, 0) is 14.3 Å². The fourth-order valence-corrected chi connectivity index (χ4v) is 2.22. The maximum Gasteiger partial charge on any atom is 0.214 e. The summed E-state index contributed by atoms with van der Waals surface area (Å²) in [5.74, 6) is 2.10. The molecule has 6 nitrogen and oxygen atoms in total. The number of benzene rings is 1. The van der Waals surface area contributed by atoms with Gasteiger partial charge in [-0.1, -0.05) is 24.3 Å². The second-order valence-corrected chi connectivity index (χ2v) is 4.93. The number of nitrogens with zero attached hydrogens (tertiary/aromatic N) is 1. The summed E-state index contributed by atoms with van der Waals surface area (Å²) in [6.45, 7) is 3.41. The maximum absolute atomic E-state index is 5.75. The van der Waals surface area contributed by atoms with Gasteiger partial charge in [0.25, 0.3) is 0 Å². The van der Waals surface area contributed by atoms with Crippen LogP contribution in [0.2, 0.25) is 0 Å². The van der Waals surface area contributed by atoms with Crippen LogP contribution in [0.5, 0.6) is 11.5 Å². The van der Waals surface area contributed by atoms with Crippen molar-refractivity contribution in [2.45, 2.75) is 0 Å². The zero-order chi connectivity index (χ0) is 15.7. The molecule has 3 rings (SSSR count). The van der Waals surface area contributed by atoms with Crippen molar-refractivity contribution in [3.63, 3.8) is 0 Å². The van der Waals surface area contributed by atoms with Gasteiger partial charge in [-0.2, -0.15) is 0 Å². The summed E-state index contributed by atoms with van der Waals surface area (Å²) in [5.41, 5.74) is 0. The molecule has 0 unspecified atom stereocenters. The summed E-state index contributed by atoms with van der Waals surface area (Å²) in [6.07, 6.45) is 5.83. The predicted molar refractivity (Wildman–Crippen MR) is 84.1 cm³/mol. The Morgan fingerprint density at radius 2 is 1.48 bits per heavy atom. The first-order chi connectivity index (χ1) is 11.4. The molecule has 0 atom stereocenters. The number of hydrogen-bond acceptors (Lipinski definition) is 6. The number of hydrogen-bond donors (Lipinski definition) is 0. The average Bonchev–Trinajstić information content (AvgIpc) is 2.60. The Kier molecular flexibility index (Phi) is 5.77. The zero-order valence-electron chi connectivity index (χ0n) is 13.0. The van der Waals surface area contributed by atoms with Crippen LogP contribution in [0, 0.1) is 0 Å². The van der Waals surface area contributed by atoms with Crippen LogP contribution < -0.4 is 9.47 Å². The van der Waals surface area contributed by atoms with E-state index in [4.69, 9.17) is 23.8 Å². The molecule has 2 aliphatic heterocycles. The van der Waals surface area contributed by atoms with Gasteiger partial charge in [-0.25, -0.2) is 5.06 Å². The lowest BCUT2D eigenvalue weighted by Crippen LogP contribution is -2.29. The molecule has 0 saturated heterocycles. The molecule has 0 spiro atoms. The van der Waals surface area contributed by atoms with Crippen molar-refractivity contribution in [3.05, 3.63) is 48.4 Å². The second-order valence-electron chi connectivity index (χ2n) is 4.93. The van der Waals surface area contributed by atoms with Crippen molar-refractivity contribution in [2.24, 2.45) is 0 Å². The lowest BCUT2D eigenvalue weighted by molar-refractivity contribution is -0.166. The van der Waals surface area contributed by atoms with Gasteiger partial charge in [0.1, 0.15) is 26.4 Å². The van der Waals surface area contributed by atoms with E-state index in [0.29, 0.717) is 63.6 Å². The number of rotatable bonds is 0. The molecule has 0 aliphatic carbocycles. The molecule has 0 radical (unpaired) electrons. The van der Waals surface area contributed by atoms with Crippen molar-refractivity contribution in [1.29, 1.82) is 0 Å². The first-order valence-corrected chi connectivity index (χ1v) is 7.76. The van der Waals surface area contributed by atoms with Crippen LogP contribution in [0.3, 0.4) is 0 Å². The van der Waals surface area contributed by atoms with E-state index in [1.54, 1.807) is 5.06 Å². The first kappa shape index (κ1) is 15.7. The third kappa shape index (κ3) is 4.64. The van der Waals surface area contributed by atoms with E-state index in [1.807, 2.05) is 42.5 Å². The lowest BCUT2D eigenvalue weighted by atomic mass is 10.3. The van der Waals surface area contributed by atoms with E-state index in [0.717, 1.165) is 0 Å². The van der Waals surface area contributed by atoms with E-state index in [9.17, 15) is 0 Å². The molecule has 0 amide bonds. The standard InChI is InChI=1S/C17H21NO5/c1-2-6-16-15(5-1)20-11-9-19-10-12-22-17-7-3-4-8-18(17)23-14-13-21-16/h1-7H,8-14H2. The van der Waals surface area contributed by atoms with Crippen molar-refractivity contribution in [2.75, 3.05) is 46.2 Å². The van der Waals surface area contributed by atoms with E-state index < -0.39 is 0 Å². The van der Waals surface area contributed by atoms with Crippen LogP contribution in [0.4, 0.5) is 0 Å². The highest BCUT2D eigenvalue weighted by Crippen LogP contribution is 2.26. The van der Waals surface area contributed by atoms with Crippen LogP contribution >= 0.6 is 0 Å². The summed E-state index contributed by atoms with van der Waals surface area (Å²) in [5, 5.41) is 1.71. The summed E-state index contributed by atoms with van der Waals surface area (Å²) >= 11 is 0. The fraction of sp³-hybridized carbons (Fsp3) is 0.412. The van der Waals surface area contributed by atoms with Crippen LogP contribution in [0.25, 0.3) is 0 Å². The molecule has 2 aliphatic rings. The molecule has 0 N–H and O–H groups in total. The fourth-order valence-electron chi connectivity index (χ4n) is 2.22. The highest BCUT2D eigenvalue weighted by atomic mass is 16.7. The minimum Gasteiger partial charge on any atom is -0.487 e. The Labute approximate surface area is 135 Å². The molecule has 6 heteroatoms. The molecular formula is C17H21NO5. The normalized spacial score (nSPS) is 19.7. The van der Waals surface area contributed by atoms with Gasteiger partial charge >= 0.3 is 0 Å². The van der Waals surface area contributed by atoms with Crippen LogP contribution in [0.1, 0.15) is 0 Å². The SMILES string of the molecule is C1=CCN2OCCOc3ccccc3OCCOCCOC2=C1. The third-order valence-electron chi connectivity index (χ3n) is 3.29. The van der Waals surface area contributed by atoms with Gasteiger partial charge in [-0.3, -0.25) is 4.84 Å². The summed E-state index contributed by atoms with van der Waals surface area (Å²) in [7, 11) is 0. The maximum atomic E-state index is 5.75. The van der Waals surface area contributed by atoms with Gasteiger partial charge < -0.3 is 18.9 Å². The molecule has 2 heterocycles. The highest BCUT2D eigenvalue weighted by Gasteiger charge is 2.13. The average molecular weight is 319 g/mol. The molecule has 0 fully saturated rings. The van der Waals surface area contributed by atoms with Crippen molar-refractivity contribution in [3.8, 4) is 11.5 Å². The Morgan fingerprint density at radius 1 is 0.783 bits per heavy atom. The Hall–Kier alpha value is -2.18. The van der Waals surface area contributed by atoms with E-state index in [2.05, 4.69) is 0 Å². The molecule has 1 aromatic rings. The predicted octanol–water partition coefficient (Wildman–Crippen LogP) is 2.14. The summed E-state index contributed by atoms with van der Waals surface area (Å²) in [6, 6.07) is 7.59. The van der Waals surface area contributed by atoms with Crippen molar-refractivity contribution >= 4 is 0 Å². The van der Waals surface area contributed by atoms with Crippen LogP contribution in [0.15, 0.2) is 48.4 Å². The Balaban J connectivity index is 1.63. The minimum absolute atomic E-state index is 0.416. The number of allylic oxidation sites excluding steroid dienone is 2. The number of fused-ring (bicyclic) bond motifs is 2. The van der Waals surface area contributed by atoms with Gasteiger partial charge in [0, 0.05) is 6.08 Å². The van der Waals surface area contributed by atoms with Gasteiger partial charge in [0.05, 0.1) is 19.8 Å². The zero-order valence-corrected chi connectivity index (χ0v) is 13.0. The highest BCUT2D eigenvalue weighted by molar-refractivity contribution is 5.39. The Morgan fingerprint density at radius 3 is 2.26 bits per heavy atom. The van der Waals surface area contributed by atoms with Gasteiger partial charge in [0.2, 0.25) is 5.88 Å². The van der Waals surface area contributed by atoms with Gasteiger partial charge in [-0.15, -0.1) is 0 Å². The lowest BCUT2D eigenvalue weighted by Gasteiger charge is -2.26. The first-order valence-electron chi connectivity index (χ1n) is 7.76. The Bertz CT molecular complexity index is 558. The van der Waals surface area contributed by atoms with Crippen molar-refractivity contribution in [1.82, 2.24) is 5.06 Å². The molecule has 23 heavy (non-hydrogen) atoms. The van der Waals surface area contributed by atoms with Gasteiger partial charge in [-0.05, 0) is 12.1 Å². The topological polar surface area (TPSA) is 49.4 Å². The largest absolute Gasteiger partial charge is 0.487 e. The molecule has 124 valence electrons. The van der Waals surface area contributed by atoms with Crippen molar-refractivity contribution < 1.29 is 23.8 Å².